The van der Waals surface area contributed by atoms with Crippen molar-refractivity contribution in [2.24, 2.45) is 0 Å². The van der Waals surface area contributed by atoms with Crippen LogP contribution in [0.15, 0.2) is 42.5 Å². The molecule has 1 heterocycles. The lowest BCUT2D eigenvalue weighted by molar-refractivity contribution is -0.117. The van der Waals surface area contributed by atoms with E-state index in [0.29, 0.717) is 6.54 Å². The number of nitrogens with zero attached hydrogens (tertiary/aromatic N) is 1. The molecule has 1 aliphatic heterocycles. The van der Waals surface area contributed by atoms with Gasteiger partial charge >= 0.3 is 0 Å². The molecule has 1 unspecified atom stereocenters. The van der Waals surface area contributed by atoms with Gasteiger partial charge in [0.15, 0.2) is 11.5 Å². The number of ether oxygens (including phenoxy) is 2. The Bertz CT molecular complexity index is 791. The van der Waals surface area contributed by atoms with Gasteiger partial charge in [0.05, 0.1) is 20.8 Å². The Morgan fingerprint density at radius 3 is 2.67 bits per heavy atom. The molecular formula is C22H28N2O3. The molecule has 2 aromatic carbocycles. The van der Waals surface area contributed by atoms with Crippen LogP contribution in [0, 0.1) is 0 Å². The Morgan fingerprint density at radius 2 is 1.93 bits per heavy atom. The second kappa shape index (κ2) is 8.91. The highest BCUT2D eigenvalue weighted by Crippen LogP contribution is 2.36. The molecular weight excluding hydrogens is 340 g/mol. The van der Waals surface area contributed by atoms with Gasteiger partial charge < -0.3 is 14.8 Å². The molecule has 0 spiro atoms. The molecule has 2 aromatic rings. The van der Waals surface area contributed by atoms with Crippen LogP contribution in [-0.4, -0.2) is 38.1 Å². The van der Waals surface area contributed by atoms with Crippen LogP contribution < -0.4 is 14.8 Å². The standard InChI is InChI=1S/C22H28N2O3/c1-4-16-8-5-6-9-18(16)23-22(25)15-24-13-7-10-19(24)17-11-12-20(26-2)21(14-17)27-3/h5-6,8-9,11-12,14,19H,4,7,10,13,15H2,1-3H3,(H,23,25). The van der Waals surface area contributed by atoms with Gasteiger partial charge in [0.1, 0.15) is 0 Å². The zero-order chi connectivity index (χ0) is 19.2. The number of hydrogen-bond donors (Lipinski definition) is 1. The average Bonchev–Trinajstić information content (AvgIpc) is 3.15. The zero-order valence-electron chi connectivity index (χ0n) is 16.3. The van der Waals surface area contributed by atoms with E-state index in [2.05, 4.69) is 29.3 Å². The van der Waals surface area contributed by atoms with Crippen molar-refractivity contribution in [2.75, 3.05) is 32.6 Å². The number of anilines is 1. The summed E-state index contributed by atoms with van der Waals surface area (Å²) in [5, 5.41) is 3.08. The van der Waals surface area contributed by atoms with E-state index in [1.54, 1.807) is 14.2 Å². The molecule has 144 valence electrons. The molecule has 0 aliphatic carbocycles. The third kappa shape index (κ3) is 4.42. The third-order valence-corrected chi connectivity index (χ3v) is 5.18. The Morgan fingerprint density at radius 1 is 1.15 bits per heavy atom. The molecule has 1 atom stereocenters. The van der Waals surface area contributed by atoms with E-state index in [9.17, 15) is 4.79 Å². The predicted octanol–water partition coefficient (Wildman–Crippen LogP) is 4.04. The molecule has 1 amide bonds. The van der Waals surface area contributed by atoms with E-state index in [0.717, 1.165) is 54.1 Å². The topological polar surface area (TPSA) is 50.8 Å². The minimum atomic E-state index is 0.0308. The highest BCUT2D eigenvalue weighted by molar-refractivity contribution is 5.93. The van der Waals surface area contributed by atoms with Gasteiger partial charge in [-0.1, -0.05) is 31.2 Å². The predicted molar refractivity (Wildman–Crippen MR) is 108 cm³/mol. The van der Waals surface area contributed by atoms with Crippen molar-refractivity contribution in [3.05, 3.63) is 53.6 Å². The summed E-state index contributed by atoms with van der Waals surface area (Å²) in [4.78, 5) is 14.9. The lowest BCUT2D eigenvalue weighted by atomic mass is 10.0. The maximum atomic E-state index is 12.6. The Labute approximate surface area is 161 Å². The highest BCUT2D eigenvalue weighted by Gasteiger charge is 2.28. The Balaban J connectivity index is 1.70. The van der Waals surface area contributed by atoms with Crippen LogP contribution in [0.25, 0.3) is 0 Å². The first-order valence-corrected chi connectivity index (χ1v) is 9.50. The van der Waals surface area contributed by atoms with Gasteiger partial charge in [-0.15, -0.1) is 0 Å². The molecule has 0 bridgehead atoms. The van der Waals surface area contributed by atoms with Crippen molar-refractivity contribution in [1.82, 2.24) is 4.90 Å². The summed E-state index contributed by atoms with van der Waals surface area (Å²) in [5.74, 6) is 1.48. The van der Waals surface area contributed by atoms with E-state index in [4.69, 9.17) is 9.47 Å². The van der Waals surface area contributed by atoms with Crippen LogP contribution in [0.3, 0.4) is 0 Å². The van der Waals surface area contributed by atoms with Crippen LogP contribution >= 0.6 is 0 Å². The largest absolute Gasteiger partial charge is 0.493 e. The fourth-order valence-corrected chi connectivity index (χ4v) is 3.78. The van der Waals surface area contributed by atoms with Crippen molar-refractivity contribution in [2.45, 2.75) is 32.2 Å². The van der Waals surface area contributed by atoms with Crippen molar-refractivity contribution in [3.63, 3.8) is 0 Å². The first-order chi connectivity index (χ1) is 13.2. The maximum Gasteiger partial charge on any atom is 0.238 e. The lowest BCUT2D eigenvalue weighted by Crippen LogP contribution is -2.33. The Hall–Kier alpha value is -2.53. The van der Waals surface area contributed by atoms with Crippen LogP contribution in [0.5, 0.6) is 11.5 Å². The maximum absolute atomic E-state index is 12.6. The quantitative estimate of drug-likeness (QED) is 0.801. The first kappa shape index (κ1) is 19.2. The molecule has 0 aromatic heterocycles. The van der Waals surface area contributed by atoms with Gasteiger partial charge in [-0.05, 0) is 55.1 Å². The van der Waals surface area contributed by atoms with Crippen molar-refractivity contribution >= 4 is 11.6 Å². The summed E-state index contributed by atoms with van der Waals surface area (Å²) in [5.41, 5.74) is 3.22. The third-order valence-electron chi connectivity index (χ3n) is 5.18. The average molecular weight is 368 g/mol. The minimum Gasteiger partial charge on any atom is -0.493 e. The smallest absolute Gasteiger partial charge is 0.238 e. The number of benzene rings is 2. The fraction of sp³-hybridized carbons (Fsp3) is 0.409. The normalized spacial score (nSPS) is 16.9. The number of para-hydroxylation sites is 1. The van der Waals surface area contributed by atoms with Crippen molar-refractivity contribution in [3.8, 4) is 11.5 Å². The van der Waals surface area contributed by atoms with Crippen LogP contribution in [0.1, 0.15) is 36.9 Å². The second-order valence-electron chi connectivity index (χ2n) is 6.80. The number of aryl methyl sites for hydroxylation is 1. The number of carbonyl (C=O) groups is 1. The molecule has 5 heteroatoms. The molecule has 1 saturated heterocycles. The number of nitrogens with one attached hydrogen (secondary N) is 1. The number of likely N-dealkylation sites (tertiary alicyclic amines) is 1. The molecule has 27 heavy (non-hydrogen) atoms. The van der Waals surface area contributed by atoms with Crippen LogP contribution in [0.2, 0.25) is 0 Å². The summed E-state index contributed by atoms with van der Waals surface area (Å²) in [6.45, 7) is 3.40. The first-order valence-electron chi connectivity index (χ1n) is 9.50. The molecule has 1 fully saturated rings. The van der Waals surface area contributed by atoms with E-state index in [1.165, 1.54) is 0 Å². The van der Waals surface area contributed by atoms with Crippen molar-refractivity contribution in [1.29, 1.82) is 0 Å². The molecule has 0 saturated carbocycles. The summed E-state index contributed by atoms with van der Waals surface area (Å²) in [7, 11) is 3.28. The van der Waals surface area contributed by atoms with Crippen LogP contribution in [-0.2, 0) is 11.2 Å². The number of carbonyl (C=O) groups excluding carboxylic acids is 1. The number of amides is 1. The Kier molecular flexibility index (Phi) is 6.35. The summed E-state index contributed by atoms with van der Waals surface area (Å²) in [6.07, 6.45) is 3.01. The summed E-state index contributed by atoms with van der Waals surface area (Å²) in [6, 6.07) is 14.2. The van der Waals surface area contributed by atoms with Gasteiger partial charge in [-0.25, -0.2) is 0 Å². The second-order valence-corrected chi connectivity index (χ2v) is 6.80. The monoisotopic (exact) mass is 368 g/mol. The summed E-state index contributed by atoms with van der Waals surface area (Å²) >= 11 is 0. The summed E-state index contributed by atoms with van der Waals surface area (Å²) < 4.78 is 10.8. The SMILES string of the molecule is CCc1ccccc1NC(=O)CN1CCCC1c1ccc(OC)c(OC)c1. The molecule has 1 aliphatic rings. The van der Waals surface area contributed by atoms with E-state index in [1.807, 2.05) is 30.3 Å². The van der Waals surface area contributed by atoms with Gasteiger partial charge in [-0.3, -0.25) is 9.69 Å². The van der Waals surface area contributed by atoms with Gasteiger partial charge in [0.2, 0.25) is 5.91 Å². The van der Waals surface area contributed by atoms with E-state index in [-0.39, 0.29) is 11.9 Å². The van der Waals surface area contributed by atoms with E-state index >= 15 is 0 Å². The number of rotatable bonds is 7. The van der Waals surface area contributed by atoms with Gasteiger partial charge in [-0.2, -0.15) is 0 Å². The zero-order valence-corrected chi connectivity index (χ0v) is 16.3. The molecule has 5 nitrogen and oxygen atoms in total. The van der Waals surface area contributed by atoms with Gasteiger partial charge in [0.25, 0.3) is 0 Å². The highest BCUT2D eigenvalue weighted by atomic mass is 16.5. The van der Waals surface area contributed by atoms with Crippen LogP contribution in [0.4, 0.5) is 5.69 Å². The molecule has 0 radical (unpaired) electrons. The van der Waals surface area contributed by atoms with Crippen molar-refractivity contribution < 1.29 is 14.3 Å². The minimum absolute atomic E-state index is 0.0308. The lowest BCUT2D eigenvalue weighted by Gasteiger charge is -2.25. The number of hydrogen-bond acceptors (Lipinski definition) is 4. The molecule has 3 rings (SSSR count). The number of methoxy groups -OCH3 is 2. The fourth-order valence-electron chi connectivity index (χ4n) is 3.78. The molecule has 1 N–H and O–H groups in total. The van der Waals surface area contributed by atoms with Gasteiger partial charge in [0, 0.05) is 11.7 Å². The van der Waals surface area contributed by atoms with E-state index < -0.39 is 0 Å².